The lowest BCUT2D eigenvalue weighted by Crippen LogP contribution is -2.51. The van der Waals surface area contributed by atoms with Gasteiger partial charge in [-0.05, 0) is 62.7 Å². The van der Waals surface area contributed by atoms with Crippen LogP contribution in [0.15, 0.2) is 30.3 Å². The lowest BCUT2D eigenvalue weighted by molar-refractivity contribution is 0.0615. The molecule has 2 saturated heterocycles. The van der Waals surface area contributed by atoms with Gasteiger partial charge in [-0.25, -0.2) is 0 Å². The Morgan fingerprint density at radius 3 is 2.81 bits per heavy atom. The Morgan fingerprint density at radius 1 is 1.14 bits per heavy atom. The van der Waals surface area contributed by atoms with Crippen molar-refractivity contribution >= 4 is 0 Å². The zero-order chi connectivity index (χ0) is 14.4. The van der Waals surface area contributed by atoms with Gasteiger partial charge in [0.2, 0.25) is 0 Å². The zero-order valence-electron chi connectivity index (χ0n) is 13.0. The maximum atomic E-state index is 5.80. The van der Waals surface area contributed by atoms with E-state index in [2.05, 4.69) is 10.2 Å². The van der Waals surface area contributed by atoms with E-state index in [4.69, 9.17) is 4.74 Å². The lowest BCUT2D eigenvalue weighted by atomic mass is 9.74. The fourth-order valence-corrected chi connectivity index (χ4v) is 3.87. The van der Waals surface area contributed by atoms with Crippen molar-refractivity contribution in [3.05, 3.63) is 30.3 Å². The Labute approximate surface area is 128 Å². The number of likely N-dealkylation sites (tertiary alicyclic amines) is 1. The molecule has 3 heteroatoms. The van der Waals surface area contributed by atoms with E-state index in [0.717, 1.165) is 18.8 Å². The van der Waals surface area contributed by atoms with E-state index in [-0.39, 0.29) is 0 Å². The van der Waals surface area contributed by atoms with Crippen molar-refractivity contribution in [3.8, 4) is 5.75 Å². The van der Waals surface area contributed by atoms with Crippen molar-refractivity contribution in [1.82, 2.24) is 10.2 Å². The summed E-state index contributed by atoms with van der Waals surface area (Å²) in [5.74, 6) is 0.990. The first-order valence-electron chi connectivity index (χ1n) is 8.47. The molecule has 1 aromatic rings. The van der Waals surface area contributed by atoms with Crippen molar-refractivity contribution < 1.29 is 4.74 Å². The number of hydrogen-bond acceptors (Lipinski definition) is 3. The summed E-state index contributed by atoms with van der Waals surface area (Å²) < 4.78 is 5.80. The highest BCUT2D eigenvalue weighted by molar-refractivity contribution is 5.20. The van der Waals surface area contributed by atoms with E-state index in [1.54, 1.807) is 0 Å². The third kappa shape index (κ3) is 4.21. The van der Waals surface area contributed by atoms with Gasteiger partial charge < -0.3 is 15.0 Å². The van der Waals surface area contributed by atoms with Gasteiger partial charge in [0, 0.05) is 19.6 Å². The monoisotopic (exact) mass is 288 g/mol. The summed E-state index contributed by atoms with van der Waals surface area (Å²) in [7, 11) is 0. The molecule has 0 aliphatic carbocycles. The molecule has 1 atom stereocenters. The van der Waals surface area contributed by atoms with Gasteiger partial charge in [-0.1, -0.05) is 18.2 Å². The number of hydrogen-bond donors (Lipinski definition) is 1. The molecule has 116 valence electrons. The number of piperidine rings is 2. The summed E-state index contributed by atoms with van der Waals surface area (Å²) in [5, 5.41) is 3.60. The van der Waals surface area contributed by atoms with E-state index in [1.165, 1.54) is 58.4 Å². The van der Waals surface area contributed by atoms with E-state index < -0.39 is 0 Å². The van der Waals surface area contributed by atoms with E-state index in [0.29, 0.717) is 5.41 Å². The second-order valence-corrected chi connectivity index (χ2v) is 6.68. The predicted octanol–water partition coefficient (Wildman–Crippen LogP) is 2.92. The fraction of sp³-hybridized carbons (Fsp3) is 0.667. The van der Waals surface area contributed by atoms with Gasteiger partial charge in [-0.3, -0.25) is 0 Å². The molecule has 1 unspecified atom stereocenters. The van der Waals surface area contributed by atoms with Crippen molar-refractivity contribution in [2.75, 3.05) is 39.3 Å². The van der Waals surface area contributed by atoms with Gasteiger partial charge in [0.15, 0.2) is 0 Å². The molecule has 3 nitrogen and oxygen atoms in total. The van der Waals surface area contributed by atoms with Crippen LogP contribution in [0.2, 0.25) is 0 Å². The third-order valence-corrected chi connectivity index (χ3v) is 4.93. The Balaban J connectivity index is 1.39. The van der Waals surface area contributed by atoms with Gasteiger partial charge in [0.1, 0.15) is 5.75 Å². The minimum Gasteiger partial charge on any atom is -0.494 e. The normalized spacial score (nSPS) is 26.9. The molecule has 2 aliphatic rings. The molecule has 2 fully saturated rings. The molecular formula is C18H28N2O. The van der Waals surface area contributed by atoms with Crippen molar-refractivity contribution in [2.45, 2.75) is 32.1 Å². The zero-order valence-corrected chi connectivity index (χ0v) is 13.0. The van der Waals surface area contributed by atoms with Crippen LogP contribution in [0.5, 0.6) is 5.75 Å². The highest BCUT2D eigenvalue weighted by Gasteiger charge is 2.36. The Bertz CT molecular complexity index is 409. The molecule has 1 spiro atoms. The number of rotatable bonds is 5. The fourth-order valence-electron chi connectivity index (χ4n) is 3.87. The average Bonchev–Trinajstić information content (AvgIpc) is 2.54. The lowest BCUT2D eigenvalue weighted by Gasteiger charge is -2.45. The van der Waals surface area contributed by atoms with Crippen LogP contribution in [0.3, 0.4) is 0 Å². The molecule has 2 heterocycles. The van der Waals surface area contributed by atoms with Crippen LogP contribution >= 0.6 is 0 Å². The molecule has 21 heavy (non-hydrogen) atoms. The van der Waals surface area contributed by atoms with Crippen molar-refractivity contribution in [3.63, 3.8) is 0 Å². The largest absolute Gasteiger partial charge is 0.494 e. The van der Waals surface area contributed by atoms with Gasteiger partial charge in [0.05, 0.1) is 6.61 Å². The summed E-state index contributed by atoms with van der Waals surface area (Å²) in [6.07, 6.45) is 6.67. The van der Waals surface area contributed by atoms with Gasteiger partial charge in [-0.2, -0.15) is 0 Å². The smallest absolute Gasteiger partial charge is 0.119 e. The summed E-state index contributed by atoms with van der Waals surface area (Å²) in [5.41, 5.74) is 0.566. The van der Waals surface area contributed by atoms with Gasteiger partial charge in [0.25, 0.3) is 0 Å². The second kappa shape index (κ2) is 7.28. The summed E-state index contributed by atoms with van der Waals surface area (Å²) in [6.45, 7) is 7.00. The topological polar surface area (TPSA) is 24.5 Å². The summed E-state index contributed by atoms with van der Waals surface area (Å²) in [4.78, 5) is 2.66. The Hall–Kier alpha value is -1.06. The van der Waals surface area contributed by atoms with E-state index in [1.807, 2.05) is 30.3 Å². The molecule has 0 bridgehead atoms. The number of nitrogens with zero attached hydrogens (tertiary/aromatic N) is 1. The van der Waals surface area contributed by atoms with Crippen LogP contribution in [0.1, 0.15) is 32.1 Å². The first kappa shape index (κ1) is 14.9. The van der Waals surface area contributed by atoms with Crippen LogP contribution in [0, 0.1) is 5.41 Å². The van der Waals surface area contributed by atoms with Crippen LogP contribution in [0.25, 0.3) is 0 Å². The predicted molar refractivity (Wildman–Crippen MR) is 86.8 cm³/mol. The molecule has 0 radical (unpaired) electrons. The van der Waals surface area contributed by atoms with E-state index >= 15 is 0 Å². The number of nitrogens with one attached hydrogen (secondary N) is 1. The van der Waals surface area contributed by atoms with Crippen molar-refractivity contribution in [1.29, 1.82) is 0 Å². The molecule has 0 saturated carbocycles. The molecule has 1 N–H and O–H groups in total. The maximum absolute atomic E-state index is 5.80. The third-order valence-electron chi connectivity index (χ3n) is 4.93. The van der Waals surface area contributed by atoms with Crippen molar-refractivity contribution in [2.24, 2.45) is 5.41 Å². The average molecular weight is 288 g/mol. The molecule has 3 rings (SSSR count). The number of ether oxygens (including phenoxy) is 1. The Kier molecular flexibility index (Phi) is 5.15. The SMILES string of the molecule is c1ccc(OCCCN2CCCC3(CCCNC3)C2)cc1. The summed E-state index contributed by atoms with van der Waals surface area (Å²) >= 11 is 0. The second-order valence-electron chi connectivity index (χ2n) is 6.68. The first-order chi connectivity index (χ1) is 10.4. The Morgan fingerprint density at radius 2 is 2.00 bits per heavy atom. The first-order valence-corrected chi connectivity index (χ1v) is 8.47. The maximum Gasteiger partial charge on any atom is 0.119 e. The van der Waals surface area contributed by atoms with Crippen LogP contribution in [-0.4, -0.2) is 44.2 Å². The minimum atomic E-state index is 0.566. The molecule has 0 aromatic heterocycles. The quantitative estimate of drug-likeness (QED) is 0.843. The van der Waals surface area contributed by atoms with Gasteiger partial charge >= 0.3 is 0 Å². The molecular weight excluding hydrogens is 260 g/mol. The molecule has 0 amide bonds. The highest BCUT2D eigenvalue weighted by atomic mass is 16.5. The highest BCUT2D eigenvalue weighted by Crippen LogP contribution is 2.35. The van der Waals surface area contributed by atoms with Crippen LogP contribution < -0.4 is 10.1 Å². The van der Waals surface area contributed by atoms with E-state index in [9.17, 15) is 0 Å². The number of benzene rings is 1. The standard InChI is InChI=1S/C18H28N2O/c1-2-7-17(8-3-1)21-14-6-13-20-12-5-10-18(16-20)9-4-11-19-15-18/h1-3,7-8,19H,4-6,9-16H2. The van der Waals surface area contributed by atoms with Crippen LogP contribution in [-0.2, 0) is 0 Å². The van der Waals surface area contributed by atoms with Crippen LogP contribution in [0.4, 0.5) is 0 Å². The molecule has 2 aliphatic heterocycles. The summed E-state index contributed by atoms with van der Waals surface area (Å²) in [6, 6.07) is 10.1. The van der Waals surface area contributed by atoms with Gasteiger partial charge in [-0.15, -0.1) is 0 Å². The number of para-hydroxylation sites is 1. The minimum absolute atomic E-state index is 0.566. The molecule has 1 aromatic carbocycles.